The molecule has 2 atom stereocenters. The van der Waals surface area contributed by atoms with E-state index in [4.69, 9.17) is 15.2 Å². The van der Waals surface area contributed by atoms with Gasteiger partial charge < -0.3 is 15.2 Å². The molecule has 0 bridgehead atoms. The molecule has 0 aliphatic carbocycles. The highest BCUT2D eigenvalue weighted by molar-refractivity contribution is 7.88. The van der Waals surface area contributed by atoms with Crippen LogP contribution in [0.25, 0.3) is 10.9 Å². The third-order valence-electron chi connectivity index (χ3n) is 3.46. The highest BCUT2D eigenvalue weighted by Gasteiger charge is 2.25. The number of benzene rings is 1. The zero-order valence-corrected chi connectivity index (χ0v) is 13.8. The third-order valence-corrected chi connectivity index (χ3v) is 4.16. The number of sulfonamides is 1. The number of fused-ring (bicyclic) bond motifs is 3. The second kappa shape index (κ2) is 5.99. The molecule has 23 heavy (non-hydrogen) atoms. The minimum atomic E-state index is -3.28. The molecule has 3 rings (SSSR count). The zero-order valence-electron chi connectivity index (χ0n) is 13.0. The van der Waals surface area contributed by atoms with Crippen LogP contribution in [0.15, 0.2) is 18.3 Å². The number of rotatable bonds is 5. The predicted molar refractivity (Wildman–Crippen MR) is 86.1 cm³/mol. The van der Waals surface area contributed by atoms with E-state index in [1.807, 2.05) is 19.1 Å². The van der Waals surface area contributed by atoms with Crippen LogP contribution in [0.2, 0.25) is 0 Å². The number of nitrogens with two attached hydrogens (primary N) is 1. The van der Waals surface area contributed by atoms with Crippen molar-refractivity contribution in [1.82, 2.24) is 14.5 Å². The highest BCUT2D eigenvalue weighted by Crippen LogP contribution is 2.38. The number of hydrogen-bond donors (Lipinski definition) is 2. The Labute approximate surface area is 134 Å². The van der Waals surface area contributed by atoms with E-state index < -0.39 is 16.1 Å². The van der Waals surface area contributed by atoms with Crippen LogP contribution >= 0.6 is 0 Å². The summed E-state index contributed by atoms with van der Waals surface area (Å²) in [5.74, 6) is 1.20. The minimum Gasteiger partial charge on any atom is -0.486 e. The molecule has 2 aromatic rings. The Morgan fingerprint density at radius 2 is 2.30 bits per heavy atom. The monoisotopic (exact) mass is 340 g/mol. The van der Waals surface area contributed by atoms with Crippen molar-refractivity contribution in [2.75, 3.05) is 19.4 Å². The van der Waals surface area contributed by atoms with Gasteiger partial charge in [-0.15, -0.1) is 0 Å². The summed E-state index contributed by atoms with van der Waals surface area (Å²) >= 11 is 0. The van der Waals surface area contributed by atoms with Gasteiger partial charge in [0.05, 0.1) is 25.5 Å². The topological polar surface area (TPSA) is 108 Å². The first-order valence-corrected chi connectivity index (χ1v) is 9.21. The number of ether oxygens (including phenoxy) is 2. The van der Waals surface area contributed by atoms with E-state index in [1.54, 1.807) is 10.9 Å². The van der Waals surface area contributed by atoms with E-state index in [2.05, 4.69) is 9.82 Å². The fourth-order valence-corrected chi connectivity index (χ4v) is 2.98. The molecule has 1 aliphatic heterocycles. The summed E-state index contributed by atoms with van der Waals surface area (Å²) in [7, 11) is -3.28. The first kappa shape index (κ1) is 16.0. The summed E-state index contributed by atoms with van der Waals surface area (Å²) in [6, 6.07) is 3.69. The van der Waals surface area contributed by atoms with Gasteiger partial charge in [-0.3, -0.25) is 4.68 Å². The maximum Gasteiger partial charge on any atom is 0.208 e. The smallest absolute Gasteiger partial charge is 0.208 e. The van der Waals surface area contributed by atoms with Gasteiger partial charge in [-0.2, -0.15) is 5.10 Å². The molecule has 0 fully saturated rings. The first-order valence-electron chi connectivity index (χ1n) is 7.31. The van der Waals surface area contributed by atoms with Crippen molar-refractivity contribution >= 4 is 20.9 Å². The van der Waals surface area contributed by atoms with Crippen LogP contribution in [0, 0.1) is 0 Å². The average Bonchev–Trinajstić information content (AvgIpc) is 2.87. The van der Waals surface area contributed by atoms with Crippen molar-refractivity contribution in [3.63, 3.8) is 0 Å². The Bertz CT molecular complexity index is 816. The molecule has 3 N–H and O–H groups in total. The maximum absolute atomic E-state index is 11.2. The Balaban J connectivity index is 1.91. The number of aromatic nitrogens is 2. The van der Waals surface area contributed by atoms with Gasteiger partial charge in [-0.05, 0) is 19.1 Å². The van der Waals surface area contributed by atoms with E-state index in [0.29, 0.717) is 18.0 Å². The summed E-state index contributed by atoms with van der Waals surface area (Å²) in [6.07, 6.45) is 2.46. The van der Waals surface area contributed by atoms with Crippen LogP contribution in [-0.4, -0.2) is 49.8 Å². The standard InChI is InChI=1S/C14H20N4O4S/c1-9(15)7-18-13-10(5-16-18)3-4-12-14(13)22-11(8-21-12)6-17-23(2,19)20/h3-5,9,11,17H,6-8,15H2,1-2H3/t9-,11-/m0/s1. The molecule has 126 valence electrons. The SMILES string of the molecule is C[C@H](N)Cn1ncc2ccc3c(c21)O[C@@H](CNS(C)(=O)=O)CO3. The molecule has 9 heteroatoms. The lowest BCUT2D eigenvalue weighted by Gasteiger charge is -2.27. The molecule has 0 unspecified atom stereocenters. The summed E-state index contributed by atoms with van der Waals surface area (Å²) in [5, 5.41) is 5.26. The second-order valence-electron chi connectivity index (χ2n) is 5.81. The fourth-order valence-electron chi connectivity index (χ4n) is 2.50. The first-order chi connectivity index (χ1) is 10.8. The maximum atomic E-state index is 11.2. The summed E-state index contributed by atoms with van der Waals surface area (Å²) < 4.78 is 38.4. The molecule has 8 nitrogen and oxygen atoms in total. The minimum absolute atomic E-state index is 0.0545. The van der Waals surface area contributed by atoms with Crippen LogP contribution < -0.4 is 19.9 Å². The van der Waals surface area contributed by atoms with Crippen LogP contribution in [-0.2, 0) is 16.6 Å². The molecule has 2 heterocycles. The Hall–Kier alpha value is -1.84. The van der Waals surface area contributed by atoms with Crippen molar-refractivity contribution in [3.05, 3.63) is 18.3 Å². The molecule has 0 amide bonds. The normalized spacial score (nSPS) is 19.0. The van der Waals surface area contributed by atoms with Gasteiger partial charge in [0, 0.05) is 11.4 Å². The zero-order chi connectivity index (χ0) is 16.6. The quantitative estimate of drug-likeness (QED) is 0.797. The number of nitrogens with one attached hydrogen (secondary N) is 1. The van der Waals surface area contributed by atoms with Crippen LogP contribution in [0.1, 0.15) is 6.92 Å². The number of nitrogens with zero attached hydrogens (tertiary/aromatic N) is 2. The molecular weight excluding hydrogens is 320 g/mol. The van der Waals surface area contributed by atoms with Gasteiger partial charge in [-0.1, -0.05) is 0 Å². The molecule has 0 spiro atoms. The largest absolute Gasteiger partial charge is 0.486 e. The van der Waals surface area contributed by atoms with E-state index in [9.17, 15) is 8.42 Å². The molecule has 0 radical (unpaired) electrons. The van der Waals surface area contributed by atoms with Crippen LogP contribution in [0.3, 0.4) is 0 Å². The molecule has 1 aromatic carbocycles. The third kappa shape index (κ3) is 3.57. The summed E-state index contributed by atoms with van der Waals surface area (Å²) in [4.78, 5) is 0. The fraction of sp³-hybridized carbons (Fsp3) is 0.500. The summed E-state index contributed by atoms with van der Waals surface area (Å²) in [6.45, 7) is 2.88. The van der Waals surface area contributed by atoms with Gasteiger partial charge in [0.15, 0.2) is 11.5 Å². The van der Waals surface area contributed by atoms with E-state index >= 15 is 0 Å². The van der Waals surface area contributed by atoms with Crippen LogP contribution in [0.4, 0.5) is 0 Å². The Morgan fingerprint density at radius 3 is 3.00 bits per heavy atom. The predicted octanol–water partition coefficient (Wildman–Crippen LogP) is 0.0725. The lowest BCUT2D eigenvalue weighted by molar-refractivity contribution is 0.0958. The second-order valence-corrected chi connectivity index (χ2v) is 7.64. The van der Waals surface area contributed by atoms with E-state index in [1.165, 1.54) is 0 Å². The summed E-state index contributed by atoms with van der Waals surface area (Å²) in [5.41, 5.74) is 6.67. The lowest BCUT2D eigenvalue weighted by Crippen LogP contribution is -2.40. The van der Waals surface area contributed by atoms with Crippen LogP contribution in [0.5, 0.6) is 11.5 Å². The number of hydrogen-bond acceptors (Lipinski definition) is 6. The van der Waals surface area contributed by atoms with Gasteiger partial charge in [0.25, 0.3) is 0 Å². The van der Waals surface area contributed by atoms with E-state index in [-0.39, 0.29) is 19.2 Å². The molecule has 1 aliphatic rings. The van der Waals surface area contributed by atoms with Crippen molar-refractivity contribution in [2.24, 2.45) is 5.73 Å². The van der Waals surface area contributed by atoms with Gasteiger partial charge in [0.1, 0.15) is 18.2 Å². The van der Waals surface area contributed by atoms with Crippen molar-refractivity contribution in [1.29, 1.82) is 0 Å². The molecular formula is C14H20N4O4S. The van der Waals surface area contributed by atoms with Crippen molar-refractivity contribution in [2.45, 2.75) is 25.6 Å². The average molecular weight is 340 g/mol. The Kier molecular flexibility index (Phi) is 4.17. The van der Waals surface area contributed by atoms with Crippen molar-refractivity contribution in [3.8, 4) is 11.5 Å². The van der Waals surface area contributed by atoms with Gasteiger partial charge in [0.2, 0.25) is 10.0 Å². The molecule has 0 saturated carbocycles. The van der Waals surface area contributed by atoms with E-state index in [0.717, 1.165) is 17.2 Å². The highest BCUT2D eigenvalue weighted by atomic mass is 32.2. The molecule has 0 saturated heterocycles. The Morgan fingerprint density at radius 1 is 1.52 bits per heavy atom. The van der Waals surface area contributed by atoms with Gasteiger partial charge >= 0.3 is 0 Å². The lowest BCUT2D eigenvalue weighted by atomic mass is 10.2. The van der Waals surface area contributed by atoms with Crippen molar-refractivity contribution < 1.29 is 17.9 Å². The van der Waals surface area contributed by atoms with Gasteiger partial charge in [-0.25, -0.2) is 13.1 Å². The molecule has 1 aromatic heterocycles.